The zero-order chi connectivity index (χ0) is 13.9. The van der Waals surface area contributed by atoms with Gasteiger partial charge in [0.15, 0.2) is 0 Å². The van der Waals surface area contributed by atoms with Gasteiger partial charge < -0.3 is 11.1 Å². The number of nitrogen functional groups attached to an aromatic ring is 1. The Kier molecular flexibility index (Phi) is 4.93. The van der Waals surface area contributed by atoms with Crippen LogP contribution in [-0.2, 0) is 0 Å². The number of nitrogens with two attached hydrogens (primary N) is 1. The van der Waals surface area contributed by atoms with Crippen molar-refractivity contribution < 1.29 is 0 Å². The Morgan fingerprint density at radius 1 is 1.11 bits per heavy atom. The number of hydrogen-bond acceptors (Lipinski definition) is 4. The molecule has 1 unspecified atom stereocenters. The van der Waals surface area contributed by atoms with Crippen LogP contribution < -0.4 is 11.1 Å². The molecule has 0 saturated heterocycles. The van der Waals surface area contributed by atoms with Crippen molar-refractivity contribution in [2.75, 3.05) is 11.1 Å². The summed E-state index contributed by atoms with van der Waals surface area (Å²) in [6.07, 6.45) is 1.11. The molecule has 1 aromatic heterocycles. The van der Waals surface area contributed by atoms with E-state index in [-0.39, 0.29) is 5.92 Å². The lowest BCUT2D eigenvalue weighted by molar-refractivity contribution is 0.538. The van der Waals surface area contributed by atoms with Gasteiger partial charge in [-0.05, 0) is 26.2 Å². The highest BCUT2D eigenvalue weighted by molar-refractivity contribution is 5.55. The molecule has 0 aliphatic heterocycles. The highest BCUT2D eigenvalue weighted by Crippen LogP contribution is 2.22. The lowest BCUT2D eigenvalue weighted by atomic mass is 10.1. The molecule has 0 saturated carbocycles. The van der Waals surface area contributed by atoms with Crippen molar-refractivity contribution in [2.24, 2.45) is 5.92 Å². The van der Waals surface area contributed by atoms with Gasteiger partial charge in [0, 0.05) is 17.5 Å². The van der Waals surface area contributed by atoms with Crippen LogP contribution in [0.3, 0.4) is 0 Å². The van der Waals surface area contributed by atoms with E-state index >= 15 is 0 Å². The molecule has 1 aromatic rings. The molecule has 1 rings (SSSR count). The van der Waals surface area contributed by atoms with Crippen LogP contribution in [0.2, 0.25) is 0 Å². The summed E-state index contributed by atoms with van der Waals surface area (Å²) >= 11 is 0. The number of aromatic nitrogens is 2. The van der Waals surface area contributed by atoms with Gasteiger partial charge in [-0.2, -0.15) is 0 Å². The molecule has 0 bridgehead atoms. The van der Waals surface area contributed by atoms with Crippen molar-refractivity contribution in [3.05, 3.63) is 11.4 Å². The van der Waals surface area contributed by atoms with Crippen LogP contribution in [0.25, 0.3) is 0 Å². The first-order valence-electron chi connectivity index (χ1n) is 6.71. The lowest BCUT2D eigenvalue weighted by Gasteiger charge is -2.19. The highest BCUT2D eigenvalue weighted by Gasteiger charge is 2.13. The summed E-state index contributed by atoms with van der Waals surface area (Å²) in [5.41, 5.74) is 6.88. The standard InChI is InChI=1S/C14H26N4/c1-8(2)7-10(5)16-14-11(6)12(15)17-13(18-14)9(3)4/h8-10H,7H2,1-6H3,(H3,15,16,17,18). The molecule has 0 aliphatic rings. The predicted molar refractivity (Wildman–Crippen MR) is 77.8 cm³/mol. The number of rotatable bonds is 5. The second-order valence-corrected chi connectivity index (χ2v) is 5.77. The van der Waals surface area contributed by atoms with E-state index in [0.717, 1.165) is 23.6 Å². The third kappa shape index (κ3) is 3.86. The topological polar surface area (TPSA) is 63.8 Å². The first-order chi connectivity index (χ1) is 8.31. The van der Waals surface area contributed by atoms with Gasteiger partial charge in [0.05, 0.1) is 0 Å². The average Bonchev–Trinajstić information content (AvgIpc) is 2.22. The third-order valence-electron chi connectivity index (χ3n) is 2.93. The molecule has 4 nitrogen and oxygen atoms in total. The summed E-state index contributed by atoms with van der Waals surface area (Å²) in [5, 5.41) is 3.45. The van der Waals surface area contributed by atoms with Crippen LogP contribution in [0.5, 0.6) is 0 Å². The molecular formula is C14H26N4. The Bertz CT molecular complexity index is 399. The summed E-state index contributed by atoms with van der Waals surface area (Å²) in [6, 6.07) is 0.387. The fourth-order valence-corrected chi connectivity index (χ4v) is 1.95. The zero-order valence-corrected chi connectivity index (χ0v) is 12.4. The SMILES string of the molecule is Cc1c(N)nc(C(C)C)nc1NC(C)CC(C)C. The van der Waals surface area contributed by atoms with E-state index in [1.807, 2.05) is 6.92 Å². The average molecular weight is 250 g/mol. The monoisotopic (exact) mass is 250 g/mol. The van der Waals surface area contributed by atoms with Gasteiger partial charge in [0.2, 0.25) is 0 Å². The number of hydrogen-bond donors (Lipinski definition) is 2. The second-order valence-electron chi connectivity index (χ2n) is 5.77. The van der Waals surface area contributed by atoms with Crippen LogP contribution in [0, 0.1) is 12.8 Å². The van der Waals surface area contributed by atoms with Crippen LogP contribution in [0.1, 0.15) is 58.3 Å². The molecule has 3 N–H and O–H groups in total. The molecular weight excluding hydrogens is 224 g/mol. The van der Waals surface area contributed by atoms with Gasteiger partial charge in [-0.3, -0.25) is 0 Å². The molecule has 1 heterocycles. The Hall–Kier alpha value is -1.32. The number of nitrogens with zero attached hydrogens (tertiary/aromatic N) is 2. The largest absolute Gasteiger partial charge is 0.383 e. The molecule has 1 atom stereocenters. The van der Waals surface area contributed by atoms with Crippen LogP contribution in [0.15, 0.2) is 0 Å². The summed E-state index contributed by atoms with van der Waals surface area (Å²) in [4.78, 5) is 8.91. The maximum Gasteiger partial charge on any atom is 0.135 e. The minimum absolute atomic E-state index is 0.286. The number of anilines is 2. The Morgan fingerprint density at radius 3 is 2.22 bits per heavy atom. The molecule has 0 aromatic carbocycles. The van der Waals surface area contributed by atoms with Gasteiger partial charge in [0.25, 0.3) is 0 Å². The summed E-state index contributed by atoms with van der Waals surface area (Å²) in [5.74, 6) is 3.20. The maximum absolute atomic E-state index is 5.95. The minimum atomic E-state index is 0.286. The van der Waals surface area contributed by atoms with Crippen molar-refractivity contribution in [1.29, 1.82) is 0 Å². The van der Waals surface area contributed by atoms with Crippen molar-refractivity contribution in [2.45, 2.75) is 59.9 Å². The molecule has 0 spiro atoms. The van der Waals surface area contributed by atoms with Gasteiger partial charge in [-0.15, -0.1) is 0 Å². The van der Waals surface area contributed by atoms with Crippen molar-refractivity contribution in [1.82, 2.24) is 9.97 Å². The normalized spacial score (nSPS) is 13.1. The summed E-state index contributed by atoms with van der Waals surface area (Å²) in [7, 11) is 0. The summed E-state index contributed by atoms with van der Waals surface area (Å²) in [6.45, 7) is 12.7. The Balaban J connectivity index is 2.93. The molecule has 0 fully saturated rings. The Labute approximate surface area is 110 Å². The smallest absolute Gasteiger partial charge is 0.135 e. The molecule has 18 heavy (non-hydrogen) atoms. The lowest BCUT2D eigenvalue weighted by Crippen LogP contribution is -2.20. The number of nitrogens with one attached hydrogen (secondary N) is 1. The van der Waals surface area contributed by atoms with Crippen LogP contribution in [-0.4, -0.2) is 16.0 Å². The quantitative estimate of drug-likeness (QED) is 0.841. The fourth-order valence-electron chi connectivity index (χ4n) is 1.95. The second kappa shape index (κ2) is 6.03. The first-order valence-corrected chi connectivity index (χ1v) is 6.71. The molecule has 0 radical (unpaired) electrons. The first kappa shape index (κ1) is 14.7. The van der Waals surface area contributed by atoms with E-state index in [1.54, 1.807) is 0 Å². The van der Waals surface area contributed by atoms with E-state index in [0.29, 0.717) is 17.8 Å². The van der Waals surface area contributed by atoms with Crippen molar-refractivity contribution in [3.8, 4) is 0 Å². The van der Waals surface area contributed by atoms with Gasteiger partial charge in [-0.1, -0.05) is 27.7 Å². The highest BCUT2D eigenvalue weighted by atomic mass is 15.1. The molecule has 102 valence electrons. The van der Waals surface area contributed by atoms with Crippen molar-refractivity contribution in [3.63, 3.8) is 0 Å². The molecule has 0 aliphatic carbocycles. The maximum atomic E-state index is 5.95. The molecule has 4 heteroatoms. The fraction of sp³-hybridized carbons (Fsp3) is 0.714. The van der Waals surface area contributed by atoms with E-state index in [2.05, 4.69) is 49.9 Å². The van der Waals surface area contributed by atoms with E-state index in [4.69, 9.17) is 5.73 Å². The van der Waals surface area contributed by atoms with Crippen LogP contribution in [0.4, 0.5) is 11.6 Å². The van der Waals surface area contributed by atoms with E-state index in [1.165, 1.54) is 0 Å². The minimum Gasteiger partial charge on any atom is -0.383 e. The Morgan fingerprint density at radius 2 is 1.72 bits per heavy atom. The van der Waals surface area contributed by atoms with E-state index in [9.17, 15) is 0 Å². The molecule has 0 amide bonds. The third-order valence-corrected chi connectivity index (χ3v) is 2.93. The summed E-state index contributed by atoms with van der Waals surface area (Å²) < 4.78 is 0. The van der Waals surface area contributed by atoms with E-state index < -0.39 is 0 Å². The zero-order valence-electron chi connectivity index (χ0n) is 12.4. The van der Waals surface area contributed by atoms with Gasteiger partial charge in [-0.25, -0.2) is 9.97 Å². The van der Waals surface area contributed by atoms with Gasteiger partial charge >= 0.3 is 0 Å². The van der Waals surface area contributed by atoms with Gasteiger partial charge in [0.1, 0.15) is 17.5 Å². The predicted octanol–water partition coefficient (Wildman–Crippen LogP) is 3.34. The van der Waals surface area contributed by atoms with Crippen molar-refractivity contribution >= 4 is 11.6 Å². The van der Waals surface area contributed by atoms with Crippen LogP contribution >= 0.6 is 0 Å².